The lowest BCUT2D eigenvalue weighted by molar-refractivity contribution is 0.0778. The highest BCUT2D eigenvalue weighted by molar-refractivity contribution is 6.30. The highest BCUT2D eigenvalue weighted by atomic mass is 35.5. The van der Waals surface area contributed by atoms with Gasteiger partial charge in [0.05, 0.1) is 0 Å². The Morgan fingerprint density at radius 2 is 2.11 bits per heavy atom. The Morgan fingerprint density at radius 3 is 2.79 bits per heavy atom. The van der Waals surface area contributed by atoms with Gasteiger partial charge in [0, 0.05) is 30.4 Å². The van der Waals surface area contributed by atoms with E-state index in [1.165, 1.54) is 23.2 Å². The summed E-state index contributed by atoms with van der Waals surface area (Å²) in [6.07, 6.45) is 1.46. The monoisotopic (exact) mass is 278 g/mol. The van der Waals surface area contributed by atoms with Crippen molar-refractivity contribution in [2.24, 2.45) is 0 Å². The van der Waals surface area contributed by atoms with E-state index in [0.29, 0.717) is 10.6 Å². The fourth-order valence-corrected chi connectivity index (χ4v) is 1.83. The van der Waals surface area contributed by atoms with Crippen LogP contribution in [0.4, 0.5) is 4.39 Å². The normalized spacial score (nSPS) is 10.3. The van der Waals surface area contributed by atoms with Gasteiger partial charge in [0.25, 0.3) is 5.91 Å². The summed E-state index contributed by atoms with van der Waals surface area (Å²) < 4.78 is 13.5. The smallest absolute Gasteiger partial charge is 0.272 e. The minimum atomic E-state index is -0.332. The summed E-state index contributed by atoms with van der Waals surface area (Å²) in [4.78, 5) is 17.4. The largest absolute Gasteiger partial charge is 0.336 e. The fourth-order valence-electron chi connectivity index (χ4n) is 1.67. The molecule has 1 aromatic heterocycles. The number of rotatable bonds is 3. The van der Waals surface area contributed by atoms with E-state index in [-0.39, 0.29) is 24.0 Å². The van der Waals surface area contributed by atoms with Crippen LogP contribution >= 0.6 is 11.6 Å². The van der Waals surface area contributed by atoms with Crippen LogP contribution in [0.2, 0.25) is 5.02 Å². The summed E-state index contributed by atoms with van der Waals surface area (Å²) in [7, 11) is 1.59. The molecule has 2 rings (SSSR count). The maximum absolute atomic E-state index is 13.5. The summed E-state index contributed by atoms with van der Waals surface area (Å²) in [5, 5.41) is 0.442. The Labute approximate surface area is 115 Å². The lowest BCUT2D eigenvalue weighted by atomic mass is 10.2. The third-order valence-corrected chi connectivity index (χ3v) is 2.89. The lowest BCUT2D eigenvalue weighted by Crippen LogP contribution is -2.27. The molecule has 0 aliphatic heterocycles. The molecule has 0 atom stereocenters. The molecule has 5 heteroatoms. The predicted octanol–water partition coefficient (Wildman–Crippen LogP) is 3.15. The van der Waals surface area contributed by atoms with Gasteiger partial charge in [-0.25, -0.2) is 4.39 Å². The summed E-state index contributed by atoms with van der Waals surface area (Å²) in [5.74, 6) is -0.632. The average Bonchev–Trinajstić information content (AvgIpc) is 2.40. The second kappa shape index (κ2) is 5.80. The van der Waals surface area contributed by atoms with E-state index in [4.69, 9.17) is 11.6 Å². The molecule has 2 aromatic rings. The van der Waals surface area contributed by atoms with E-state index in [0.717, 1.165) is 0 Å². The molecule has 1 amide bonds. The Hall–Kier alpha value is -1.94. The van der Waals surface area contributed by atoms with Crippen molar-refractivity contribution in [3.8, 4) is 0 Å². The van der Waals surface area contributed by atoms with Crippen LogP contribution in [-0.4, -0.2) is 22.8 Å². The molecule has 1 aromatic carbocycles. The topological polar surface area (TPSA) is 33.2 Å². The molecule has 0 radical (unpaired) electrons. The van der Waals surface area contributed by atoms with Crippen LogP contribution in [0.15, 0.2) is 42.6 Å². The molecule has 0 fully saturated rings. The second-order valence-corrected chi connectivity index (χ2v) is 4.55. The Bertz CT molecular complexity index is 604. The predicted molar refractivity (Wildman–Crippen MR) is 71.4 cm³/mol. The number of nitrogens with zero attached hydrogens (tertiary/aromatic N) is 2. The van der Waals surface area contributed by atoms with E-state index in [1.54, 1.807) is 31.3 Å². The number of aromatic nitrogens is 1. The summed E-state index contributed by atoms with van der Waals surface area (Å²) in [5.41, 5.74) is 0.701. The van der Waals surface area contributed by atoms with Gasteiger partial charge in [-0.3, -0.25) is 9.78 Å². The molecule has 0 aliphatic carbocycles. The Kier molecular flexibility index (Phi) is 4.12. The number of benzene rings is 1. The molecule has 0 bridgehead atoms. The molecule has 1 heterocycles. The average molecular weight is 279 g/mol. The van der Waals surface area contributed by atoms with Gasteiger partial charge < -0.3 is 4.90 Å². The zero-order valence-electron chi connectivity index (χ0n) is 10.3. The molecule has 0 spiro atoms. The van der Waals surface area contributed by atoms with Crippen molar-refractivity contribution in [2.75, 3.05) is 7.05 Å². The first-order chi connectivity index (χ1) is 9.08. The number of pyridine rings is 1. The van der Waals surface area contributed by atoms with Gasteiger partial charge in [0.15, 0.2) is 0 Å². The number of halogens is 2. The fraction of sp³-hybridized carbons (Fsp3) is 0.143. The van der Waals surface area contributed by atoms with Crippen LogP contribution in [-0.2, 0) is 6.54 Å². The molecule has 0 aliphatic rings. The Morgan fingerprint density at radius 1 is 1.37 bits per heavy atom. The van der Waals surface area contributed by atoms with Crippen LogP contribution in [0.25, 0.3) is 0 Å². The number of carbonyl (C=O) groups excluding carboxylic acids is 1. The van der Waals surface area contributed by atoms with Crippen LogP contribution in [0.1, 0.15) is 16.1 Å². The van der Waals surface area contributed by atoms with E-state index in [2.05, 4.69) is 4.98 Å². The lowest BCUT2D eigenvalue weighted by Gasteiger charge is -2.17. The molecular weight excluding hydrogens is 267 g/mol. The van der Waals surface area contributed by atoms with E-state index in [9.17, 15) is 9.18 Å². The van der Waals surface area contributed by atoms with Crippen LogP contribution in [0.3, 0.4) is 0 Å². The van der Waals surface area contributed by atoms with Gasteiger partial charge in [0.2, 0.25) is 0 Å². The van der Waals surface area contributed by atoms with Crippen LogP contribution in [0, 0.1) is 5.82 Å². The van der Waals surface area contributed by atoms with Crippen LogP contribution in [0.5, 0.6) is 0 Å². The van der Waals surface area contributed by atoms with Crippen molar-refractivity contribution in [2.45, 2.75) is 6.54 Å². The quantitative estimate of drug-likeness (QED) is 0.864. The third-order valence-electron chi connectivity index (χ3n) is 2.65. The molecular formula is C14H12ClFN2O. The molecule has 0 unspecified atom stereocenters. The van der Waals surface area contributed by atoms with Gasteiger partial charge in [-0.2, -0.15) is 0 Å². The first-order valence-electron chi connectivity index (χ1n) is 5.68. The second-order valence-electron chi connectivity index (χ2n) is 4.11. The van der Waals surface area contributed by atoms with Gasteiger partial charge >= 0.3 is 0 Å². The maximum Gasteiger partial charge on any atom is 0.272 e. The van der Waals surface area contributed by atoms with E-state index in [1.807, 2.05) is 0 Å². The number of carbonyl (C=O) groups is 1. The molecule has 0 N–H and O–H groups in total. The Balaban J connectivity index is 2.14. The molecule has 98 valence electrons. The third kappa shape index (κ3) is 3.29. The van der Waals surface area contributed by atoms with Gasteiger partial charge in [-0.1, -0.05) is 29.8 Å². The standard InChI is InChI=1S/C14H12ClFN2O/c1-18(9-10-4-2-3-5-12(10)16)14(19)13-8-11(15)6-7-17-13/h2-8H,9H2,1H3. The van der Waals surface area contributed by atoms with Gasteiger partial charge in [-0.15, -0.1) is 0 Å². The molecule has 0 saturated carbocycles. The van der Waals surface area contributed by atoms with Crippen molar-refractivity contribution in [1.29, 1.82) is 0 Å². The maximum atomic E-state index is 13.5. The van der Waals surface area contributed by atoms with Crippen molar-refractivity contribution in [1.82, 2.24) is 9.88 Å². The minimum absolute atomic E-state index is 0.180. The van der Waals surface area contributed by atoms with Gasteiger partial charge in [0.1, 0.15) is 11.5 Å². The number of amides is 1. The zero-order valence-corrected chi connectivity index (χ0v) is 11.1. The minimum Gasteiger partial charge on any atom is -0.336 e. The molecule has 19 heavy (non-hydrogen) atoms. The van der Waals surface area contributed by atoms with Crippen molar-refractivity contribution < 1.29 is 9.18 Å². The van der Waals surface area contributed by atoms with E-state index < -0.39 is 0 Å². The van der Waals surface area contributed by atoms with Gasteiger partial charge in [-0.05, 0) is 18.2 Å². The highest BCUT2D eigenvalue weighted by Crippen LogP contribution is 2.13. The molecule has 3 nitrogen and oxygen atoms in total. The first kappa shape index (κ1) is 13.5. The van der Waals surface area contributed by atoms with E-state index >= 15 is 0 Å². The van der Waals surface area contributed by atoms with Crippen LogP contribution < -0.4 is 0 Å². The zero-order chi connectivity index (χ0) is 13.8. The van der Waals surface area contributed by atoms with Crippen molar-refractivity contribution in [3.63, 3.8) is 0 Å². The SMILES string of the molecule is CN(Cc1ccccc1F)C(=O)c1cc(Cl)ccn1. The highest BCUT2D eigenvalue weighted by Gasteiger charge is 2.15. The molecule has 0 saturated heterocycles. The number of hydrogen-bond donors (Lipinski definition) is 0. The first-order valence-corrected chi connectivity index (χ1v) is 6.06. The van der Waals surface area contributed by atoms with Crippen molar-refractivity contribution >= 4 is 17.5 Å². The number of hydrogen-bond acceptors (Lipinski definition) is 2. The van der Waals surface area contributed by atoms with Crippen molar-refractivity contribution in [3.05, 3.63) is 64.7 Å². The summed E-state index contributed by atoms with van der Waals surface area (Å²) in [6, 6.07) is 9.43. The summed E-state index contributed by atoms with van der Waals surface area (Å²) >= 11 is 5.81. The summed E-state index contributed by atoms with van der Waals surface area (Å²) in [6.45, 7) is 0.180.